The van der Waals surface area contributed by atoms with E-state index in [2.05, 4.69) is 5.32 Å². The number of carbonyl (C=O) groups is 2. The van der Waals surface area contributed by atoms with Gasteiger partial charge in [-0.3, -0.25) is 4.79 Å². The van der Waals surface area contributed by atoms with Crippen molar-refractivity contribution in [3.63, 3.8) is 0 Å². The maximum Gasteiger partial charge on any atom is 0.354 e. The Morgan fingerprint density at radius 3 is 2.57 bits per heavy atom. The Hall–Kier alpha value is -3.48. The summed E-state index contributed by atoms with van der Waals surface area (Å²) >= 11 is 0. The zero-order valence-electron chi connectivity index (χ0n) is 16.0. The van der Waals surface area contributed by atoms with E-state index >= 15 is 0 Å². The Bertz CT molecular complexity index is 1040. The molecule has 0 saturated heterocycles. The lowest BCUT2D eigenvalue weighted by atomic mass is 10.1. The van der Waals surface area contributed by atoms with Gasteiger partial charge < -0.3 is 24.5 Å². The predicted molar refractivity (Wildman–Crippen MR) is 106 cm³/mol. The van der Waals surface area contributed by atoms with Crippen LogP contribution < -0.4 is 14.8 Å². The highest BCUT2D eigenvalue weighted by Crippen LogP contribution is 2.31. The van der Waals surface area contributed by atoms with E-state index in [-0.39, 0.29) is 18.0 Å². The molecule has 3 aromatic rings. The lowest BCUT2D eigenvalue weighted by Crippen LogP contribution is -2.22. The fraction of sp³-hybridized carbons (Fsp3) is 0.238. The molecule has 146 valence electrons. The molecule has 0 radical (unpaired) electrons. The molecule has 0 aliphatic heterocycles. The summed E-state index contributed by atoms with van der Waals surface area (Å²) in [6.07, 6.45) is 0.857. The van der Waals surface area contributed by atoms with Crippen LogP contribution in [0, 0.1) is 0 Å². The first-order chi connectivity index (χ1) is 13.5. The summed E-state index contributed by atoms with van der Waals surface area (Å²) in [5.74, 6) is -0.582. The molecule has 1 aromatic heterocycles. The van der Waals surface area contributed by atoms with Gasteiger partial charge >= 0.3 is 5.97 Å². The molecule has 0 atom stereocenters. The third-order valence-corrected chi connectivity index (χ3v) is 4.57. The molecular formula is C21H22N2O5. The zero-order chi connectivity index (χ0) is 20.3. The second-order valence-corrected chi connectivity index (χ2v) is 6.28. The van der Waals surface area contributed by atoms with Crippen molar-refractivity contribution in [2.24, 2.45) is 7.05 Å². The van der Waals surface area contributed by atoms with Gasteiger partial charge in [-0.1, -0.05) is 31.2 Å². The quantitative estimate of drug-likeness (QED) is 0.653. The van der Waals surface area contributed by atoms with Crippen LogP contribution in [0.2, 0.25) is 0 Å². The number of carbonyl (C=O) groups excluding carboxylic acids is 1. The Labute approximate surface area is 162 Å². The highest BCUT2D eigenvalue weighted by Gasteiger charge is 2.22. The first-order valence-electron chi connectivity index (χ1n) is 8.86. The second kappa shape index (κ2) is 8.04. The first-order valence-corrected chi connectivity index (χ1v) is 8.86. The highest BCUT2D eigenvalue weighted by atomic mass is 16.5. The standard InChI is InChI=1S/C21H22N2O5/c1-4-13-9-10-16(17(11-13)27-3)28-12-18(24)22-19-14-7-5-6-8-15(14)23(2)20(19)21(25)26/h5-11H,4,12H2,1-3H3,(H,22,24)(H,25,26). The minimum Gasteiger partial charge on any atom is -0.493 e. The summed E-state index contributed by atoms with van der Waals surface area (Å²) in [5.41, 5.74) is 2.08. The summed E-state index contributed by atoms with van der Waals surface area (Å²) in [6.45, 7) is 1.76. The summed E-state index contributed by atoms with van der Waals surface area (Å²) in [7, 11) is 3.19. The van der Waals surface area contributed by atoms with Crippen LogP contribution in [0.3, 0.4) is 0 Å². The molecule has 3 rings (SSSR count). The number of aromatic nitrogens is 1. The number of aryl methyl sites for hydroxylation is 2. The van der Waals surface area contributed by atoms with Crippen LogP contribution >= 0.6 is 0 Å². The number of hydrogen-bond acceptors (Lipinski definition) is 4. The van der Waals surface area contributed by atoms with Crippen LogP contribution in [0.1, 0.15) is 23.0 Å². The van der Waals surface area contributed by atoms with E-state index in [0.717, 1.165) is 12.0 Å². The number of nitrogens with one attached hydrogen (secondary N) is 1. The Morgan fingerprint density at radius 1 is 1.14 bits per heavy atom. The zero-order valence-corrected chi connectivity index (χ0v) is 16.0. The van der Waals surface area contributed by atoms with E-state index in [4.69, 9.17) is 9.47 Å². The van der Waals surface area contributed by atoms with Gasteiger partial charge in [0.25, 0.3) is 5.91 Å². The van der Waals surface area contributed by atoms with Crippen molar-refractivity contribution in [1.82, 2.24) is 4.57 Å². The number of aromatic carboxylic acids is 1. The van der Waals surface area contributed by atoms with Crippen LogP contribution in [-0.4, -0.2) is 35.3 Å². The van der Waals surface area contributed by atoms with Gasteiger partial charge in [-0.2, -0.15) is 0 Å². The number of anilines is 1. The van der Waals surface area contributed by atoms with E-state index < -0.39 is 11.9 Å². The smallest absolute Gasteiger partial charge is 0.354 e. The first kappa shape index (κ1) is 19.3. The summed E-state index contributed by atoms with van der Waals surface area (Å²) in [4.78, 5) is 24.2. The number of hydrogen-bond donors (Lipinski definition) is 2. The van der Waals surface area contributed by atoms with Crippen LogP contribution in [0.15, 0.2) is 42.5 Å². The molecular weight excluding hydrogens is 360 g/mol. The van der Waals surface area contributed by atoms with E-state index in [1.54, 1.807) is 35.9 Å². The molecule has 2 aromatic carbocycles. The predicted octanol–water partition coefficient (Wildman–Crippen LogP) is 3.47. The van der Waals surface area contributed by atoms with Gasteiger partial charge in [-0.25, -0.2) is 4.79 Å². The molecule has 1 heterocycles. The summed E-state index contributed by atoms with van der Waals surface area (Å²) < 4.78 is 12.4. The molecule has 0 aliphatic carbocycles. The minimum atomic E-state index is -1.12. The van der Waals surface area contributed by atoms with E-state index in [1.807, 2.05) is 25.1 Å². The second-order valence-electron chi connectivity index (χ2n) is 6.28. The fourth-order valence-electron chi connectivity index (χ4n) is 3.14. The number of methoxy groups -OCH3 is 1. The van der Waals surface area contributed by atoms with Crippen molar-refractivity contribution in [1.29, 1.82) is 0 Å². The van der Waals surface area contributed by atoms with Crippen molar-refractivity contribution < 1.29 is 24.2 Å². The van der Waals surface area contributed by atoms with Gasteiger partial charge in [-0.15, -0.1) is 0 Å². The molecule has 0 aliphatic rings. The average Bonchev–Trinajstić information content (AvgIpc) is 2.98. The Morgan fingerprint density at radius 2 is 1.89 bits per heavy atom. The molecule has 0 spiro atoms. The number of carboxylic acids is 1. The third kappa shape index (κ3) is 3.64. The van der Waals surface area contributed by atoms with Gasteiger partial charge in [0.1, 0.15) is 0 Å². The summed E-state index contributed by atoms with van der Waals surface area (Å²) in [6, 6.07) is 12.7. The van der Waals surface area contributed by atoms with Crippen LogP contribution in [0.4, 0.5) is 5.69 Å². The lowest BCUT2D eigenvalue weighted by Gasteiger charge is -2.12. The molecule has 0 fully saturated rings. The van der Waals surface area contributed by atoms with Crippen LogP contribution in [0.25, 0.3) is 10.9 Å². The number of ether oxygens (including phenoxy) is 2. The normalized spacial score (nSPS) is 10.7. The lowest BCUT2D eigenvalue weighted by molar-refractivity contribution is -0.118. The molecule has 7 nitrogen and oxygen atoms in total. The molecule has 1 amide bonds. The third-order valence-electron chi connectivity index (χ3n) is 4.57. The molecule has 0 bridgehead atoms. The van der Waals surface area contributed by atoms with Crippen molar-refractivity contribution in [3.8, 4) is 11.5 Å². The van der Waals surface area contributed by atoms with Crippen molar-refractivity contribution in [2.75, 3.05) is 19.0 Å². The number of amides is 1. The van der Waals surface area contributed by atoms with Gasteiger partial charge in [0.15, 0.2) is 23.8 Å². The SMILES string of the molecule is CCc1ccc(OCC(=O)Nc2c(C(=O)O)n(C)c3ccccc23)c(OC)c1. The van der Waals surface area contributed by atoms with Crippen molar-refractivity contribution in [2.45, 2.75) is 13.3 Å². The van der Waals surface area contributed by atoms with Crippen LogP contribution in [0.5, 0.6) is 11.5 Å². The molecule has 7 heteroatoms. The van der Waals surface area contributed by atoms with Gasteiger partial charge in [0, 0.05) is 12.4 Å². The molecule has 28 heavy (non-hydrogen) atoms. The number of fused-ring (bicyclic) bond motifs is 1. The van der Waals surface area contributed by atoms with Gasteiger partial charge in [0.05, 0.1) is 18.3 Å². The molecule has 2 N–H and O–H groups in total. The van der Waals surface area contributed by atoms with Crippen molar-refractivity contribution >= 4 is 28.5 Å². The topological polar surface area (TPSA) is 89.8 Å². The molecule has 0 unspecified atom stereocenters. The number of benzene rings is 2. The monoisotopic (exact) mass is 382 g/mol. The highest BCUT2D eigenvalue weighted by molar-refractivity contribution is 6.11. The minimum absolute atomic E-state index is 0.0134. The number of rotatable bonds is 7. The van der Waals surface area contributed by atoms with Crippen LogP contribution in [-0.2, 0) is 18.3 Å². The average molecular weight is 382 g/mol. The summed E-state index contributed by atoms with van der Waals surface area (Å²) in [5, 5.41) is 12.9. The number of carboxylic acid groups (broad SMARTS) is 1. The number of nitrogens with zero attached hydrogens (tertiary/aromatic N) is 1. The van der Waals surface area contributed by atoms with Gasteiger partial charge in [0.2, 0.25) is 0 Å². The Kier molecular flexibility index (Phi) is 5.54. The Balaban J connectivity index is 1.81. The van der Waals surface area contributed by atoms with Gasteiger partial charge in [-0.05, 0) is 30.2 Å². The number of para-hydroxylation sites is 1. The maximum atomic E-state index is 12.5. The van der Waals surface area contributed by atoms with Crippen molar-refractivity contribution in [3.05, 3.63) is 53.7 Å². The van der Waals surface area contributed by atoms with E-state index in [1.165, 1.54) is 7.11 Å². The maximum absolute atomic E-state index is 12.5. The van der Waals surface area contributed by atoms with E-state index in [0.29, 0.717) is 22.4 Å². The fourth-order valence-corrected chi connectivity index (χ4v) is 3.14. The van der Waals surface area contributed by atoms with E-state index in [9.17, 15) is 14.7 Å². The molecule has 0 saturated carbocycles. The largest absolute Gasteiger partial charge is 0.493 e.